The van der Waals surface area contributed by atoms with Crippen molar-refractivity contribution in [3.8, 4) is 11.3 Å². The monoisotopic (exact) mass is 359 g/mol. The molecule has 0 N–H and O–H groups in total. The SMILES string of the molecule is [2H]c1c(C)[n+](C)c2c3c(cc(CC(C)(C)C)cc13)C(C)(C)c1cccc(C)c1-2. The number of pyridine rings is 1. The molecule has 0 aliphatic heterocycles. The van der Waals surface area contributed by atoms with Crippen LogP contribution < -0.4 is 4.57 Å². The van der Waals surface area contributed by atoms with Gasteiger partial charge in [0.05, 0.1) is 12.3 Å². The van der Waals surface area contributed by atoms with Crippen LogP contribution in [0.2, 0.25) is 0 Å². The van der Waals surface area contributed by atoms with E-state index in [9.17, 15) is 0 Å². The average Bonchev–Trinajstić information content (AvgIpc) is 2.58. The summed E-state index contributed by atoms with van der Waals surface area (Å²) in [5.41, 5.74) is 9.17. The van der Waals surface area contributed by atoms with Gasteiger partial charge in [0.2, 0.25) is 5.69 Å². The summed E-state index contributed by atoms with van der Waals surface area (Å²) in [5.74, 6) is 0. The maximum absolute atomic E-state index is 8.90. The zero-order chi connectivity index (χ0) is 20.6. The number of fused-ring (bicyclic) bond motifs is 2. The van der Waals surface area contributed by atoms with E-state index in [0.29, 0.717) is 6.04 Å². The van der Waals surface area contributed by atoms with Gasteiger partial charge in [0, 0.05) is 18.4 Å². The molecule has 140 valence electrons. The third-order valence-electron chi connectivity index (χ3n) is 6.18. The summed E-state index contributed by atoms with van der Waals surface area (Å²) in [6.45, 7) is 15.8. The summed E-state index contributed by atoms with van der Waals surface area (Å²) in [6, 6.07) is 12.0. The zero-order valence-electron chi connectivity index (χ0n) is 19.0. The number of hydrogen-bond acceptors (Lipinski definition) is 0. The first-order valence-corrected chi connectivity index (χ1v) is 10.0. The second-order valence-electron chi connectivity index (χ2n) is 10.0. The standard InChI is InChI=1S/C26H32N/c1-16-10-9-11-20-22(16)24-23-19(12-17(2)27(24)8)13-18(15-25(3,4)5)14-21(23)26(20,6)7/h9-14H,15H2,1-8H3/q+1/i12D. The molecule has 1 aliphatic rings. The maximum Gasteiger partial charge on any atom is 0.221 e. The summed E-state index contributed by atoms with van der Waals surface area (Å²) < 4.78 is 11.1. The van der Waals surface area contributed by atoms with Gasteiger partial charge in [-0.1, -0.05) is 65.0 Å². The molecule has 4 rings (SSSR count). The molecule has 0 saturated heterocycles. The van der Waals surface area contributed by atoms with E-state index in [1.807, 2.05) is 0 Å². The van der Waals surface area contributed by atoms with Crippen molar-refractivity contribution in [3.05, 3.63) is 64.3 Å². The molecule has 0 fully saturated rings. The Balaban J connectivity index is 2.23. The highest BCUT2D eigenvalue weighted by Gasteiger charge is 2.39. The molecule has 3 aromatic rings. The van der Waals surface area contributed by atoms with Crippen LogP contribution in [0.5, 0.6) is 0 Å². The lowest BCUT2D eigenvalue weighted by Crippen LogP contribution is -2.38. The Morgan fingerprint density at radius 2 is 1.78 bits per heavy atom. The molecule has 1 nitrogen and oxygen atoms in total. The minimum absolute atomic E-state index is 0.0881. The molecule has 27 heavy (non-hydrogen) atoms. The molecule has 1 aliphatic carbocycles. The van der Waals surface area contributed by atoms with Crippen LogP contribution in [-0.2, 0) is 18.9 Å². The topological polar surface area (TPSA) is 3.88 Å². The molecule has 0 radical (unpaired) electrons. The minimum atomic E-state index is -0.0881. The first-order chi connectivity index (χ1) is 12.9. The lowest BCUT2D eigenvalue weighted by atomic mass is 9.68. The van der Waals surface area contributed by atoms with E-state index in [2.05, 4.69) is 90.4 Å². The highest BCUT2D eigenvalue weighted by Crippen LogP contribution is 2.49. The molecule has 0 atom stereocenters. The first-order valence-electron chi connectivity index (χ1n) is 10.5. The van der Waals surface area contributed by atoms with Crippen molar-refractivity contribution in [3.63, 3.8) is 0 Å². The molecule has 1 aromatic heterocycles. The molecule has 0 saturated carbocycles. The lowest BCUT2D eigenvalue weighted by Gasteiger charge is -2.35. The van der Waals surface area contributed by atoms with Crippen LogP contribution in [0.1, 0.15) is 63.9 Å². The third kappa shape index (κ3) is 2.71. The van der Waals surface area contributed by atoms with Crippen LogP contribution in [0.3, 0.4) is 0 Å². The fourth-order valence-corrected chi connectivity index (χ4v) is 4.82. The van der Waals surface area contributed by atoms with E-state index < -0.39 is 0 Å². The van der Waals surface area contributed by atoms with Crippen LogP contribution in [0.25, 0.3) is 22.0 Å². The fraction of sp³-hybridized carbons (Fsp3) is 0.423. The Bertz CT molecular complexity index is 1130. The molecule has 0 unspecified atom stereocenters. The molecule has 1 heterocycles. The van der Waals surface area contributed by atoms with Crippen molar-refractivity contribution in [1.82, 2.24) is 0 Å². The predicted octanol–water partition coefficient (Wildman–Crippen LogP) is 6.18. The fourth-order valence-electron chi connectivity index (χ4n) is 4.82. The zero-order valence-corrected chi connectivity index (χ0v) is 18.0. The smallest absolute Gasteiger partial charge is 0.198 e. The summed E-state index contributed by atoms with van der Waals surface area (Å²) in [6.07, 6.45) is 1.02. The van der Waals surface area contributed by atoms with Crippen molar-refractivity contribution in [2.75, 3.05) is 0 Å². The van der Waals surface area contributed by atoms with Crippen LogP contribution in [-0.4, -0.2) is 0 Å². The van der Waals surface area contributed by atoms with E-state index >= 15 is 0 Å². The van der Waals surface area contributed by atoms with Crippen molar-refractivity contribution >= 4 is 10.8 Å². The average molecular weight is 360 g/mol. The van der Waals surface area contributed by atoms with Crippen molar-refractivity contribution in [2.24, 2.45) is 12.5 Å². The van der Waals surface area contributed by atoms with Gasteiger partial charge in [0.15, 0.2) is 5.69 Å². The lowest BCUT2D eigenvalue weighted by molar-refractivity contribution is -0.665. The van der Waals surface area contributed by atoms with Crippen molar-refractivity contribution < 1.29 is 5.94 Å². The number of aryl methyl sites for hydroxylation is 1. The highest BCUT2D eigenvalue weighted by atomic mass is 14.9. The van der Waals surface area contributed by atoms with E-state index in [-0.39, 0.29) is 10.8 Å². The second-order valence-corrected chi connectivity index (χ2v) is 10.0. The van der Waals surface area contributed by atoms with Gasteiger partial charge >= 0.3 is 0 Å². The summed E-state index contributed by atoms with van der Waals surface area (Å²) in [5, 5.41) is 2.37. The van der Waals surface area contributed by atoms with Crippen LogP contribution >= 0.6 is 0 Å². The van der Waals surface area contributed by atoms with Gasteiger partial charge in [-0.25, -0.2) is 0 Å². The van der Waals surface area contributed by atoms with Crippen LogP contribution in [0.4, 0.5) is 0 Å². The Hall–Kier alpha value is -2.15. The molecule has 0 bridgehead atoms. The number of hydrogen-bond donors (Lipinski definition) is 0. The number of rotatable bonds is 1. The third-order valence-corrected chi connectivity index (χ3v) is 6.18. The van der Waals surface area contributed by atoms with Gasteiger partial charge in [-0.05, 0) is 46.4 Å². The van der Waals surface area contributed by atoms with Gasteiger partial charge in [0.1, 0.15) is 7.05 Å². The second kappa shape index (κ2) is 5.67. The Labute approximate surface area is 165 Å². The normalized spacial score (nSPS) is 15.6. The quantitative estimate of drug-likeness (QED) is 0.457. The van der Waals surface area contributed by atoms with E-state index in [4.69, 9.17) is 1.37 Å². The Morgan fingerprint density at radius 1 is 1.07 bits per heavy atom. The number of benzene rings is 2. The van der Waals surface area contributed by atoms with E-state index in [1.54, 1.807) is 0 Å². The number of aromatic nitrogens is 1. The van der Waals surface area contributed by atoms with Crippen LogP contribution in [0, 0.1) is 19.3 Å². The Kier molecular flexibility index (Phi) is 3.57. The van der Waals surface area contributed by atoms with Gasteiger partial charge < -0.3 is 0 Å². The van der Waals surface area contributed by atoms with Gasteiger partial charge in [0.25, 0.3) is 0 Å². The van der Waals surface area contributed by atoms with E-state index in [0.717, 1.165) is 17.5 Å². The molecule has 2 aromatic carbocycles. The molecule has 1 heteroatoms. The predicted molar refractivity (Wildman–Crippen MR) is 115 cm³/mol. The van der Waals surface area contributed by atoms with E-state index in [1.165, 1.54) is 38.9 Å². The minimum Gasteiger partial charge on any atom is -0.198 e. The van der Waals surface area contributed by atoms with Crippen LogP contribution in [0.15, 0.2) is 36.4 Å². The largest absolute Gasteiger partial charge is 0.221 e. The summed E-state index contributed by atoms with van der Waals surface area (Å²) >= 11 is 0. The van der Waals surface area contributed by atoms with Gasteiger partial charge in [-0.15, -0.1) is 0 Å². The molecular weight excluding hydrogens is 326 g/mol. The van der Waals surface area contributed by atoms with Crippen molar-refractivity contribution in [1.29, 1.82) is 0 Å². The maximum atomic E-state index is 8.90. The molecule has 0 amide bonds. The molecule has 0 spiro atoms. The highest BCUT2D eigenvalue weighted by molar-refractivity contribution is 6.01. The summed E-state index contributed by atoms with van der Waals surface area (Å²) in [4.78, 5) is 0. The van der Waals surface area contributed by atoms with Crippen molar-refractivity contribution in [2.45, 2.75) is 60.3 Å². The van der Waals surface area contributed by atoms with Gasteiger partial charge in [-0.3, -0.25) is 0 Å². The first kappa shape index (κ1) is 17.0. The number of nitrogens with zero attached hydrogens (tertiary/aromatic N) is 1. The Morgan fingerprint density at radius 3 is 2.44 bits per heavy atom. The van der Waals surface area contributed by atoms with Gasteiger partial charge in [-0.2, -0.15) is 4.57 Å². The summed E-state index contributed by atoms with van der Waals surface area (Å²) in [7, 11) is 2.11. The molecular formula is C26H32N+.